The third-order valence-corrected chi connectivity index (χ3v) is 3.96. The first kappa shape index (κ1) is 17.3. The molecule has 0 aliphatic carbocycles. The first-order valence-electron chi connectivity index (χ1n) is 7.84. The van der Waals surface area contributed by atoms with Gasteiger partial charge in [-0.1, -0.05) is 30.3 Å². The van der Waals surface area contributed by atoms with Crippen molar-refractivity contribution in [1.29, 1.82) is 0 Å². The molecule has 0 bridgehead atoms. The van der Waals surface area contributed by atoms with E-state index >= 15 is 0 Å². The molecule has 0 saturated carbocycles. The molecule has 0 aliphatic rings. The molecule has 6 heteroatoms. The summed E-state index contributed by atoms with van der Waals surface area (Å²) in [5.74, 6) is -0.127. The molecule has 1 aromatic heterocycles. The van der Waals surface area contributed by atoms with Crippen LogP contribution in [0.4, 0.5) is 5.69 Å². The number of phenolic OH excluding ortho intramolecular Hbond substituents is 1. The summed E-state index contributed by atoms with van der Waals surface area (Å²) in [4.78, 5) is 24.7. The average Bonchev–Trinajstić information content (AvgIpc) is 2.64. The number of hydrogen-bond acceptors (Lipinski definition) is 6. The summed E-state index contributed by atoms with van der Waals surface area (Å²) in [6, 6.07) is 9.97. The maximum atomic E-state index is 12.4. The highest BCUT2D eigenvalue weighted by atomic mass is 16.5. The minimum absolute atomic E-state index is 0.0517. The van der Waals surface area contributed by atoms with Crippen LogP contribution in [0.25, 0.3) is 17.0 Å². The van der Waals surface area contributed by atoms with Crippen LogP contribution in [-0.4, -0.2) is 18.0 Å². The van der Waals surface area contributed by atoms with Gasteiger partial charge >= 0.3 is 0 Å². The predicted octanol–water partition coefficient (Wildman–Crippen LogP) is 3.29. The number of benzene rings is 2. The largest absolute Gasteiger partial charge is 0.505 e. The Bertz CT molecular complexity index is 1080. The summed E-state index contributed by atoms with van der Waals surface area (Å²) >= 11 is 0. The molecule has 3 aromatic rings. The number of nitrogen functional groups attached to an aromatic ring is 1. The molecule has 0 amide bonds. The lowest BCUT2D eigenvalue weighted by Crippen LogP contribution is -2.06. The average molecular weight is 351 g/mol. The van der Waals surface area contributed by atoms with Gasteiger partial charge in [0, 0.05) is 11.6 Å². The van der Waals surface area contributed by atoms with Crippen molar-refractivity contribution < 1.29 is 19.1 Å². The molecule has 0 atom stereocenters. The molecule has 0 radical (unpaired) electrons. The van der Waals surface area contributed by atoms with Crippen LogP contribution in [0.15, 0.2) is 51.7 Å². The van der Waals surface area contributed by atoms with E-state index in [1.807, 2.05) is 0 Å². The number of aryl methyl sites for hydroxylation is 1. The quantitative estimate of drug-likeness (QED) is 0.324. The number of rotatable bonds is 4. The van der Waals surface area contributed by atoms with Crippen molar-refractivity contribution >= 4 is 28.5 Å². The van der Waals surface area contributed by atoms with Crippen molar-refractivity contribution in [3.63, 3.8) is 0 Å². The van der Waals surface area contributed by atoms with Gasteiger partial charge in [0.05, 0.1) is 12.7 Å². The van der Waals surface area contributed by atoms with E-state index in [0.717, 1.165) is 0 Å². The van der Waals surface area contributed by atoms with Gasteiger partial charge in [-0.05, 0) is 19.1 Å². The highest BCUT2D eigenvalue weighted by Gasteiger charge is 2.21. The number of hydrogen-bond donors (Lipinski definition) is 2. The van der Waals surface area contributed by atoms with Crippen LogP contribution < -0.4 is 15.9 Å². The molecule has 0 unspecified atom stereocenters. The Labute approximate surface area is 149 Å². The number of aromatic hydroxyl groups is 1. The summed E-state index contributed by atoms with van der Waals surface area (Å²) in [7, 11) is 1.36. The molecule has 3 rings (SSSR count). The molecule has 0 saturated heterocycles. The van der Waals surface area contributed by atoms with E-state index in [9.17, 15) is 14.7 Å². The lowest BCUT2D eigenvalue weighted by atomic mass is 10.0. The Hall–Kier alpha value is -3.54. The van der Waals surface area contributed by atoms with Crippen LogP contribution in [0.5, 0.6) is 11.5 Å². The van der Waals surface area contributed by atoms with Crippen LogP contribution >= 0.6 is 0 Å². The lowest BCUT2D eigenvalue weighted by Gasteiger charge is -2.13. The second kappa shape index (κ2) is 6.76. The second-order valence-electron chi connectivity index (χ2n) is 5.70. The van der Waals surface area contributed by atoms with E-state index in [4.69, 9.17) is 14.9 Å². The third kappa shape index (κ3) is 2.93. The number of anilines is 1. The normalized spacial score (nSPS) is 11.2. The molecular formula is C20H17NO5. The maximum Gasteiger partial charge on any atom is 0.196 e. The molecule has 0 fully saturated rings. The van der Waals surface area contributed by atoms with Crippen molar-refractivity contribution in [2.75, 3.05) is 12.8 Å². The Morgan fingerprint density at radius 2 is 1.96 bits per heavy atom. The van der Waals surface area contributed by atoms with Gasteiger partial charge < -0.3 is 20.0 Å². The van der Waals surface area contributed by atoms with Crippen molar-refractivity contribution in [1.82, 2.24) is 0 Å². The number of methoxy groups -OCH3 is 1. The highest BCUT2D eigenvalue weighted by molar-refractivity contribution is 6.08. The number of carbonyl (C=O) groups excluding carboxylic acids is 1. The van der Waals surface area contributed by atoms with E-state index in [1.165, 1.54) is 25.3 Å². The Morgan fingerprint density at radius 3 is 2.62 bits per heavy atom. The number of phenols is 1. The summed E-state index contributed by atoms with van der Waals surface area (Å²) in [5.41, 5.74) is 6.18. The van der Waals surface area contributed by atoms with Crippen LogP contribution in [0, 0.1) is 6.92 Å². The van der Waals surface area contributed by atoms with Crippen LogP contribution in [-0.2, 0) is 0 Å². The summed E-state index contributed by atoms with van der Waals surface area (Å²) in [6.07, 6.45) is 2.66. The minimum atomic E-state index is -0.351. The lowest BCUT2D eigenvalue weighted by molar-refractivity contribution is 0.104. The number of carbonyl (C=O) groups is 1. The fourth-order valence-electron chi connectivity index (χ4n) is 2.73. The van der Waals surface area contributed by atoms with Crippen molar-refractivity contribution in [3.8, 4) is 11.5 Å². The van der Waals surface area contributed by atoms with Gasteiger partial charge in [-0.25, -0.2) is 0 Å². The van der Waals surface area contributed by atoms with Gasteiger partial charge in [0.1, 0.15) is 22.6 Å². The van der Waals surface area contributed by atoms with Crippen LogP contribution in [0.1, 0.15) is 21.7 Å². The van der Waals surface area contributed by atoms with E-state index in [1.54, 1.807) is 37.3 Å². The molecule has 3 N–H and O–H groups in total. The van der Waals surface area contributed by atoms with Crippen molar-refractivity contribution in [2.24, 2.45) is 0 Å². The van der Waals surface area contributed by atoms with Crippen molar-refractivity contribution in [2.45, 2.75) is 6.92 Å². The highest BCUT2D eigenvalue weighted by Crippen LogP contribution is 2.41. The molecule has 0 aliphatic heterocycles. The number of ether oxygens (including phenoxy) is 1. The molecule has 6 nitrogen and oxygen atoms in total. The SMILES string of the molecule is COc1c(/C=C/C(=O)c2ccccc2)c(O)c(N)c2oc(C)cc(=O)c12. The molecule has 132 valence electrons. The van der Waals surface area contributed by atoms with Gasteiger partial charge in [-0.3, -0.25) is 9.59 Å². The maximum absolute atomic E-state index is 12.4. The number of allylic oxidation sites excluding steroid dienone is 1. The van der Waals surface area contributed by atoms with E-state index in [2.05, 4.69) is 0 Å². The monoisotopic (exact) mass is 351 g/mol. The standard InChI is InChI=1S/C20H17NO5/c1-11-10-15(23)16-19(25-2)13(18(24)17(21)20(16)26-11)8-9-14(22)12-6-4-3-5-7-12/h3-10,24H,21H2,1-2H3/b9-8+. The number of nitrogens with two attached hydrogens (primary N) is 1. The third-order valence-electron chi connectivity index (χ3n) is 3.96. The molecule has 26 heavy (non-hydrogen) atoms. The summed E-state index contributed by atoms with van der Waals surface area (Å²) in [6.45, 7) is 1.61. The fourth-order valence-corrected chi connectivity index (χ4v) is 2.73. The second-order valence-corrected chi connectivity index (χ2v) is 5.70. The van der Waals surface area contributed by atoms with E-state index in [-0.39, 0.29) is 44.9 Å². The Morgan fingerprint density at radius 1 is 1.27 bits per heavy atom. The zero-order valence-corrected chi connectivity index (χ0v) is 14.3. The van der Waals surface area contributed by atoms with Crippen molar-refractivity contribution in [3.05, 3.63) is 69.6 Å². The molecule has 2 aromatic carbocycles. The first-order valence-corrected chi connectivity index (χ1v) is 7.84. The molecular weight excluding hydrogens is 334 g/mol. The molecule has 0 spiro atoms. The summed E-state index contributed by atoms with van der Waals surface area (Å²) in [5, 5.41) is 10.6. The predicted molar refractivity (Wildman–Crippen MR) is 99.7 cm³/mol. The number of ketones is 1. The smallest absolute Gasteiger partial charge is 0.196 e. The summed E-state index contributed by atoms with van der Waals surface area (Å²) < 4.78 is 10.8. The van der Waals surface area contributed by atoms with E-state index in [0.29, 0.717) is 11.3 Å². The van der Waals surface area contributed by atoms with Gasteiger partial charge in [-0.2, -0.15) is 0 Å². The minimum Gasteiger partial charge on any atom is -0.505 e. The van der Waals surface area contributed by atoms with Gasteiger partial charge in [0.15, 0.2) is 22.5 Å². The van der Waals surface area contributed by atoms with Crippen LogP contribution in [0.3, 0.4) is 0 Å². The Balaban J connectivity index is 2.20. The van der Waals surface area contributed by atoms with Gasteiger partial charge in [0.25, 0.3) is 0 Å². The number of fused-ring (bicyclic) bond motifs is 1. The van der Waals surface area contributed by atoms with Gasteiger partial charge in [-0.15, -0.1) is 0 Å². The zero-order chi connectivity index (χ0) is 18.8. The zero-order valence-electron chi connectivity index (χ0n) is 14.3. The molecule has 1 heterocycles. The first-order chi connectivity index (χ1) is 12.4. The topological polar surface area (TPSA) is 103 Å². The van der Waals surface area contributed by atoms with E-state index < -0.39 is 0 Å². The van der Waals surface area contributed by atoms with Crippen LogP contribution in [0.2, 0.25) is 0 Å². The fraction of sp³-hybridized carbons (Fsp3) is 0.100. The Kier molecular flexibility index (Phi) is 4.49. The van der Waals surface area contributed by atoms with Gasteiger partial charge in [0.2, 0.25) is 0 Å².